The number of rotatable bonds is 3. The minimum atomic E-state index is 0.106. The molecule has 7 nitrogen and oxygen atoms in total. The van der Waals surface area contributed by atoms with E-state index in [1.165, 1.54) is 12.0 Å². The van der Waals surface area contributed by atoms with Gasteiger partial charge in [-0.25, -0.2) is 0 Å². The molecular formula is C24H28N4O3S2. The summed E-state index contributed by atoms with van der Waals surface area (Å²) in [5.74, 6) is 0.106. The summed E-state index contributed by atoms with van der Waals surface area (Å²) in [4.78, 5) is 1.73. The van der Waals surface area contributed by atoms with E-state index in [1.54, 1.807) is 61.7 Å². The van der Waals surface area contributed by atoms with Gasteiger partial charge in [-0.2, -0.15) is 0 Å². The molecular weight excluding hydrogens is 456 g/mol. The van der Waals surface area contributed by atoms with Gasteiger partial charge in [0.15, 0.2) is 0 Å². The first kappa shape index (κ1) is 26.0. The van der Waals surface area contributed by atoms with Gasteiger partial charge in [0, 0.05) is 56.3 Å². The second-order valence-electron chi connectivity index (χ2n) is 6.94. The summed E-state index contributed by atoms with van der Waals surface area (Å²) in [6.07, 6.45) is 0. The summed E-state index contributed by atoms with van der Waals surface area (Å²) in [6.45, 7) is 2.02. The fourth-order valence-corrected chi connectivity index (χ4v) is 3.75. The maximum absolute atomic E-state index is 9.60. The largest absolute Gasteiger partial charge is 0.506 e. The second-order valence-corrected chi connectivity index (χ2v) is 8.53. The third kappa shape index (κ3) is 7.99. The lowest BCUT2D eigenvalue weighted by molar-refractivity contribution is 0.478. The van der Waals surface area contributed by atoms with Gasteiger partial charge in [0.25, 0.3) is 0 Å². The molecule has 0 atom stereocenters. The Bertz CT molecular complexity index is 1150. The predicted molar refractivity (Wildman–Crippen MR) is 142 cm³/mol. The molecule has 0 heterocycles. The fourth-order valence-electron chi connectivity index (χ4n) is 2.77. The zero-order valence-corrected chi connectivity index (χ0v) is 20.0. The molecule has 0 aromatic heterocycles. The molecule has 33 heavy (non-hydrogen) atoms. The monoisotopic (exact) mass is 484 g/mol. The third-order valence-corrected chi connectivity index (χ3v) is 5.49. The summed E-state index contributed by atoms with van der Waals surface area (Å²) in [6, 6.07) is 21.6. The minimum Gasteiger partial charge on any atom is -0.506 e. The third-order valence-electron chi connectivity index (χ3n) is 4.34. The topological polar surface area (TPSA) is 154 Å². The van der Waals surface area contributed by atoms with Crippen molar-refractivity contribution in [3.63, 3.8) is 0 Å². The summed E-state index contributed by atoms with van der Waals surface area (Å²) in [5, 5.41) is 11.5. The predicted octanol–water partition coefficient (Wildman–Crippen LogP) is 5.77. The van der Waals surface area contributed by atoms with Crippen molar-refractivity contribution in [3.8, 4) is 5.75 Å². The van der Waals surface area contributed by atoms with Crippen molar-refractivity contribution in [3.05, 3.63) is 78.4 Å². The van der Waals surface area contributed by atoms with Crippen LogP contribution in [0.25, 0.3) is 10.8 Å². The molecule has 0 aliphatic heterocycles. The molecule has 0 amide bonds. The lowest BCUT2D eigenvalue weighted by atomic mass is 10.1. The number of phenolic OH excluding ortho intramolecular Hbond substituents is 1. The first-order valence-corrected chi connectivity index (χ1v) is 11.3. The van der Waals surface area contributed by atoms with E-state index in [4.69, 9.17) is 31.7 Å². The van der Waals surface area contributed by atoms with Gasteiger partial charge in [0.2, 0.25) is 0 Å². The first-order chi connectivity index (χ1) is 15.7. The number of hydrogen-bond acceptors (Lipinski definition) is 9. The Morgan fingerprint density at radius 1 is 0.758 bits per heavy atom. The highest BCUT2D eigenvalue weighted by Crippen LogP contribution is 2.37. The Morgan fingerprint density at radius 2 is 1.27 bits per heavy atom. The normalized spacial score (nSPS) is 10.0. The Balaban J connectivity index is 0.000000192. The van der Waals surface area contributed by atoms with Gasteiger partial charge >= 0.3 is 0 Å². The average molecular weight is 485 g/mol. The van der Waals surface area contributed by atoms with Crippen LogP contribution in [-0.2, 0) is 4.18 Å². The molecule has 0 fully saturated rings. The second kappa shape index (κ2) is 12.7. The van der Waals surface area contributed by atoms with Gasteiger partial charge in [-0.15, -0.1) is 0 Å². The minimum absolute atomic E-state index is 0.106. The number of anilines is 4. The van der Waals surface area contributed by atoms with Crippen molar-refractivity contribution >= 4 is 57.6 Å². The van der Waals surface area contributed by atoms with E-state index >= 15 is 0 Å². The van der Waals surface area contributed by atoms with Crippen LogP contribution in [0.15, 0.2) is 82.6 Å². The van der Waals surface area contributed by atoms with Gasteiger partial charge in [-0.1, -0.05) is 12.1 Å². The Morgan fingerprint density at radius 3 is 1.76 bits per heavy atom. The number of nitrogens with two attached hydrogens (primary N) is 4. The number of benzene rings is 4. The molecule has 0 spiro atoms. The highest BCUT2D eigenvalue weighted by molar-refractivity contribution is 7.95. The molecule has 4 aromatic carbocycles. The zero-order chi connectivity index (χ0) is 24.4. The molecule has 174 valence electrons. The van der Waals surface area contributed by atoms with Crippen molar-refractivity contribution < 1.29 is 13.8 Å². The first-order valence-electron chi connectivity index (χ1n) is 9.75. The van der Waals surface area contributed by atoms with Gasteiger partial charge in [-0.05, 0) is 78.5 Å². The maximum atomic E-state index is 9.60. The highest BCUT2D eigenvalue weighted by atomic mass is 32.2. The SMILES string of the molecule is COSc1cc(C)cc2ccc(O)c(N)c12.Nc1ccc(N)cc1.Nc1ccc(SO)cc1. The zero-order valence-electron chi connectivity index (χ0n) is 18.4. The Labute approximate surface area is 202 Å². The Kier molecular flexibility index (Phi) is 10.0. The molecule has 0 aliphatic rings. The number of hydrogen-bond donors (Lipinski definition) is 6. The molecule has 0 unspecified atom stereocenters. The van der Waals surface area contributed by atoms with Crippen molar-refractivity contribution in [1.82, 2.24) is 0 Å². The van der Waals surface area contributed by atoms with Gasteiger partial charge in [-0.3, -0.25) is 0 Å². The molecule has 4 rings (SSSR count). The summed E-state index contributed by atoms with van der Waals surface area (Å²) < 4.78 is 13.6. The quantitative estimate of drug-likeness (QED) is 0.121. The van der Waals surface area contributed by atoms with Crippen LogP contribution in [0.4, 0.5) is 22.7 Å². The van der Waals surface area contributed by atoms with E-state index in [9.17, 15) is 5.11 Å². The van der Waals surface area contributed by atoms with E-state index in [1.807, 2.05) is 25.1 Å². The van der Waals surface area contributed by atoms with E-state index in [0.717, 1.165) is 49.5 Å². The van der Waals surface area contributed by atoms with E-state index in [2.05, 4.69) is 0 Å². The molecule has 0 radical (unpaired) electrons. The Hall–Kier alpha value is -3.24. The van der Waals surface area contributed by atoms with Crippen LogP contribution in [-0.4, -0.2) is 16.8 Å². The van der Waals surface area contributed by atoms with Crippen molar-refractivity contribution in [2.45, 2.75) is 16.7 Å². The molecule has 4 aromatic rings. The highest BCUT2D eigenvalue weighted by Gasteiger charge is 2.09. The van der Waals surface area contributed by atoms with Crippen LogP contribution < -0.4 is 22.9 Å². The van der Waals surface area contributed by atoms with Crippen LogP contribution in [0.3, 0.4) is 0 Å². The number of aryl methyl sites for hydroxylation is 1. The van der Waals surface area contributed by atoms with Crippen molar-refractivity contribution in [2.75, 3.05) is 30.0 Å². The van der Waals surface area contributed by atoms with Gasteiger partial charge in [0.1, 0.15) is 5.75 Å². The summed E-state index contributed by atoms with van der Waals surface area (Å²) >= 11 is 1.97. The van der Waals surface area contributed by atoms with E-state index < -0.39 is 0 Å². The van der Waals surface area contributed by atoms with Gasteiger partial charge in [0.05, 0.1) is 12.8 Å². The van der Waals surface area contributed by atoms with Crippen LogP contribution in [0.1, 0.15) is 5.56 Å². The number of phenols is 1. The van der Waals surface area contributed by atoms with Crippen LogP contribution >= 0.6 is 24.1 Å². The summed E-state index contributed by atoms with van der Waals surface area (Å²) in [7, 11) is 1.61. The van der Waals surface area contributed by atoms with E-state index in [0.29, 0.717) is 11.4 Å². The maximum Gasteiger partial charge on any atom is 0.139 e. The smallest absolute Gasteiger partial charge is 0.139 e. The van der Waals surface area contributed by atoms with Crippen molar-refractivity contribution in [2.24, 2.45) is 0 Å². The molecule has 0 saturated heterocycles. The van der Waals surface area contributed by atoms with Crippen molar-refractivity contribution in [1.29, 1.82) is 0 Å². The molecule has 0 saturated carbocycles. The van der Waals surface area contributed by atoms with Crippen LogP contribution in [0.5, 0.6) is 5.75 Å². The molecule has 9 heteroatoms. The molecule has 0 aliphatic carbocycles. The summed E-state index contributed by atoms with van der Waals surface area (Å²) in [5.41, 5.74) is 25.8. The lowest BCUT2D eigenvalue weighted by Gasteiger charge is -2.10. The fraction of sp³-hybridized carbons (Fsp3) is 0.0833. The molecule has 0 bridgehead atoms. The number of fused-ring (bicyclic) bond motifs is 1. The lowest BCUT2D eigenvalue weighted by Crippen LogP contribution is -1.91. The number of nitrogen functional groups attached to an aromatic ring is 4. The van der Waals surface area contributed by atoms with E-state index in [-0.39, 0.29) is 5.75 Å². The average Bonchev–Trinajstić information content (AvgIpc) is 2.80. The van der Waals surface area contributed by atoms with Crippen LogP contribution in [0, 0.1) is 6.92 Å². The molecule has 10 N–H and O–H groups in total. The standard InChI is InChI=1S/C12H13NO2S.C6H8N2.C6H7NOS/c1-7-5-8-3-4-9(14)12(13)11(8)10(6-7)16-15-2;7-5-1-2-6(8)4-3-5;7-5-1-3-6(9-8)4-2-5/h3-6,14H,13H2,1-2H3;1-4H,7-8H2;1-4,8H,7H2. The van der Waals surface area contributed by atoms with Gasteiger partial charge < -0.3 is 36.8 Å². The number of aromatic hydroxyl groups is 1. The van der Waals surface area contributed by atoms with Crippen LogP contribution in [0.2, 0.25) is 0 Å².